The first-order valence-electron chi connectivity index (χ1n) is 12.4. The molecule has 0 aliphatic heterocycles. The van der Waals surface area contributed by atoms with Gasteiger partial charge in [-0.1, -0.05) is 25.4 Å². The minimum Gasteiger partial charge on any atom is -0.434 e. The van der Waals surface area contributed by atoms with Gasteiger partial charge < -0.3 is 14.8 Å². The number of aryl methyl sites for hydroxylation is 1. The summed E-state index contributed by atoms with van der Waals surface area (Å²) in [4.78, 5) is 7.71. The SMILES string of the molecule is CCc1nn([C@H]2CC[C@H](O)CC2)cc1-c1cnc2[nH]cc([C@H](C)c3c(OC(F)F)ccc(F)c3Cl)c2c1. The molecule has 1 aromatic carbocycles. The van der Waals surface area contributed by atoms with E-state index in [2.05, 4.69) is 14.7 Å². The highest BCUT2D eigenvalue weighted by atomic mass is 35.5. The predicted octanol–water partition coefficient (Wildman–Crippen LogP) is 7.01. The van der Waals surface area contributed by atoms with Gasteiger partial charge in [-0.2, -0.15) is 13.9 Å². The number of aliphatic hydroxyl groups is 1. The number of benzene rings is 1. The van der Waals surface area contributed by atoms with Gasteiger partial charge in [0.1, 0.15) is 17.2 Å². The number of H-pyrrole nitrogens is 1. The van der Waals surface area contributed by atoms with Crippen molar-refractivity contribution in [3.8, 4) is 16.9 Å². The summed E-state index contributed by atoms with van der Waals surface area (Å²) >= 11 is 6.24. The maximum absolute atomic E-state index is 14.3. The van der Waals surface area contributed by atoms with Crippen molar-refractivity contribution in [2.45, 2.75) is 70.6 Å². The largest absolute Gasteiger partial charge is 0.434 e. The maximum atomic E-state index is 14.3. The quantitative estimate of drug-likeness (QED) is 0.268. The summed E-state index contributed by atoms with van der Waals surface area (Å²) in [6, 6.07) is 4.41. The molecule has 37 heavy (non-hydrogen) atoms. The van der Waals surface area contributed by atoms with Crippen LogP contribution in [0.15, 0.2) is 36.8 Å². The molecule has 2 N–H and O–H groups in total. The number of ether oxygens (including phenoxy) is 1. The summed E-state index contributed by atoms with van der Waals surface area (Å²) in [7, 11) is 0. The Morgan fingerprint density at radius 2 is 2.00 bits per heavy atom. The van der Waals surface area contributed by atoms with Gasteiger partial charge in [-0.25, -0.2) is 9.37 Å². The third-order valence-electron chi connectivity index (χ3n) is 7.27. The van der Waals surface area contributed by atoms with Crippen molar-refractivity contribution < 1.29 is 23.0 Å². The highest BCUT2D eigenvalue weighted by Gasteiger charge is 2.26. The van der Waals surface area contributed by atoms with E-state index in [4.69, 9.17) is 16.7 Å². The number of nitrogens with zero attached hydrogens (tertiary/aromatic N) is 3. The van der Waals surface area contributed by atoms with Crippen molar-refractivity contribution in [3.05, 3.63) is 64.5 Å². The monoisotopic (exact) mass is 532 g/mol. The van der Waals surface area contributed by atoms with Crippen LogP contribution in [0.1, 0.15) is 68.3 Å². The van der Waals surface area contributed by atoms with Gasteiger partial charge in [0.05, 0.1) is 22.9 Å². The average molecular weight is 533 g/mol. The van der Waals surface area contributed by atoms with E-state index in [1.165, 1.54) is 6.07 Å². The topological polar surface area (TPSA) is 76.0 Å². The summed E-state index contributed by atoms with van der Waals surface area (Å²) < 4.78 is 47.1. The van der Waals surface area contributed by atoms with E-state index in [0.717, 1.165) is 65.9 Å². The molecule has 0 unspecified atom stereocenters. The minimum absolute atomic E-state index is 0.148. The highest BCUT2D eigenvalue weighted by molar-refractivity contribution is 6.31. The maximum Gasteiger partial charge on any atom is 0.387 e. The normalized spacial score (nSPS) is 19.0. The van der Waals surface area contributed by atoms with Crippen LogP contribution in [0.5, 0.6) is 5.75 Å². The number of nitrogens with one attached hydrogen (secondary N) is 1. The first-order valence-corrected chi connectivity index (χ1v) is 12.8. The van der Waals surface area contributed by atoms with E-state index in [1.54, 1.807) is 19.3 Å². The van der Waals surface area contributed by atoms with Crippen LogP contribution in [0.4, 0.5) is 13.2 Å². The number of fused-ring (bicyclic) bond motifs is 1. The number of pyridine rings is 1. The molecule has 1 atom stereocenters. The van der Waals surface area contributed by atoms with E-state index >= 15 is 0 Å². The lowest BCUT2D eigenvalue weighted by atomic mass is 9.91. The Labute approximate surface area is 217 Å². The Balaban J connectivity index is 1.55. The second kappa shape index (κ2) is 10.4. The number of aromatic nitrogens is 4. The van der Waals surface area contributed by atoms with Crippen molar-refractivity contribution in [1.82, 2.24) is 19.7 Å². The van der Waals surface area contributed by atoms with Crippen LogP contribution < -0.4 is 4.74 Å². The van der Waals surface area contributed by atoms with Crippen LogP contribution in [0.2, 0.25) is 5.02 Å². The van der Waals surface area contributed by atoms with Crippen LogP contribution in [0, 0.1) is 5.82 Å². The Morgan fingerprint density at radius 1 is 1.24 bits per heavy atom. The fourth-order valence-electron chi connectivity index (χ4n) is 5.28. The lowest BCUT2D eigenvalue weighted by Crippen LogP contribution is -2.21. The van der Waals surface area contributed by atoms with Gasteiger partial charge in [0.15, 0.2) is 0 Å². The molecule has 196 valence electrons. The number of rotatable bonds is 7. The van der Waals surface area contributed by atoms with Gasteiger partial charge in [0.25, 0.3) is 0 Å². The van der Waals surface area contributed by atoms with Gasteiger partial charge in [0.2, 0.25) is 0 Å². The molecule has 0 amide bonds. The zero-order valence-electron chi connectivity index (χ0n) is 20.5. The van der Waals surface area contributed by atoms with E-state index in [9.17, 15) is 18.3 Å². The number of aliphatic hydroxyl groups excluding tert-OH is 1. The molecule has 0 saturated heterocycles. The first-order chi connectivity index (χ1) is 17.8. The van der Waals surface area contributed by atoms with Crippen LogP contribution in [-0.2, 0) is 6.42 Å². The van der Waals surface area contributed by atoms with Crippen molar-refractivity contribution in [3.63, 3.8) is 0 Å². The summed E-state index contributed by atoms with van der Waals surface area (Å²) in [6.45, 7) is 0.744. The molecule has 0 bridgehead atoms. The molecule has 0 radical (unpaired) electrons. The van der Waals surface area contributed by atoms with Gasteiger partial charge >= 0.3 is 6.61 Å². The van der Waals surface area contributed by atoms with Crippen LogP contribution in [0.25, 0.3) is 22.2 Å². The number of halogens is 4. The minimum atomic E-state index is -3.07. The Hall–Kier alpha value is -3.04. The molecule has 1 fully saturated rings. The van der Waals surface area contributed by atoms with Crippen LogP contribution >= 0.6 is 11.6 Å². The van der Waals surface area contributed by atoms with Crippen LogP contribution in [-0.4, -0.2) is 37.6 Å². The van der Waals surface area contributed by atoms with E-state index in [1.807, 2.05) is 23.9 Å². The molecule has 5 rings (SSSR count). The Bertz CT molecular complexity index is 1410. The lowest BCUT2D eigenvalue weighted by Gasteiger charge is -2.25. The second-order valence-electron chi connectivity index (χ2n) is 9.52. The van der Waals surface area contributed by atoms with E-state index in [-0.39, 0.29) is 28.5 Å². The van der Waals surface area contributed by atoms with Gasteiger partial charge in [-0.3, -0.25) is 4.68 Å². The molecule has 1 aliphatic rings. The summed E-state index contributed by atoms with van der Waals surface area (Å²) in [6.07, 6.45) is 9.32. The third-order valence-corrected chi connectivity index (χ3v) is 7.65. The molecule has 10 heteroatoms. The fraction of sp³-hybridized carbons (Fsp3) is 0.407. The van der Waals surface area contributed by atoms with Crippen molar-refractivity contribution in [1.29, 1.82) is 0 Å². The van der Waals surface area contributed by atoms with Crippen LogP contribution in [0.3, 0.4) is 0 Å². The lowest BCUT2D eigenvalue weighted by molar-refractivity contribution is -0.0505. The molecule has 6 nitrogen and oxygen atoms in total. The van der Waals surface area contributed by atoms with E-state index < -0.39 is 18.3 Å². The predicted molar refractivity (Wildman–Crippen MR) is 136 cm³/mol. The molecule has 1 saturated carbocycles. The smallest absolute Gasteiger partial charge is 0.387 e. The molecule has 3 aromatic heterocycles. The number of alkyl halides is 2. The molecular formula is C27H28ClF3N4O2. The second-order valence-corrected chi connectivity index (χ2v) is 9.90. The van der Waals surface area contributed by atoms with Gasteiger partial charge in [-0.05, 0) is 55.9 Å². The Morgan fingerprint density at radius 3 is 2.70 bits per heavy atom. The number of aromatic amines is 1. The summed E-state index contributed by atoms with van der Waals surface area (Å²) in [5, 5.41) is 15.2. The zero-order valence-corrected chi connectivity index (χ0v) is 21.3. The number of hydrogen-bond acceptors (Lipinski definition) is 4. The highest BCUT2D eigenvalue weighted by Crippen LogP contribution is 2.42. The molecule has 0 spiro atoms. The number of hydrogen-bond donors (Lipinski definition) is 2. The third kappa shape index (κ3) is 4.94. The zero-order chi connectivity index (χ0) is 26.3. The van der Waals surface area contributed by atoms with Gasteiger partial charge in [-0.15, -0.1) is 0 Å². The van der Waals surface area contributed by atoms with Crippen molar-refractivity contribution in [2.24, 2.45) is 0 Å². The molecule has 4 aromatic rings. The van der Waals surface area contributed by atoms with Gasteiger partial charge in [0, 0.05) is 46.6 Å². The summed E-state index contributed by atoms with van der Waals surface area (Å²) in [5.41, 5.74) is 4.26. The molecule has 3 heterocycles. The average Bonchev–Trinajstić information content (AvgIpc) is 3.50. The molecule has 1 aliphatic carbocycles. The summed E-state index contributed by atoms with van der Waals surface area (Å²) in [5.74, 6) is -1.44. The first kappa shape index (κ1) is 25.6. The van der Waals surface area contributed by atoms with Crippen molar-refractivity contribution >= 4 is 22.6 Å². The Kier molecular flexibility index (Phi) is 7.18. The molecular weight excluding hydrogens is 505 g/mol. The fourth-order valence-corrected chi connectivity index (χ4v) is 5.60. The standard InChI is InChI=1S/C27H28ClF3N4O2/c1-3-22-20(13-35(34-22)16-4-6-17(36)7-5-16)15-10-18-19(12-33-26(18)32-11-15)14(2)24-23(37-27(30)31)9-8-21(29)25(24)28/h8-14,16-17,27,36H,3-7H2,1-2H3,(H,32,33)/t14-,16-,17-/m0/s1. The van der Waals surface area contributed by atoms with Crippen molar-refractivity contribution in [2.75, 3.05) is 0 Å². The van der Waals surface area contributed by atoms with E-state index in [0.29, 0.717) is 5.65 Å².